The summed E-state index contributed by atoms with van der Waals surface area (Å²) in [5, 5.41) is 8.02. The molecule has 5 heteroatoms. The number of anilines is 2. The van der Waals surface area contributed by atoms with Gasteiger partial charge in [0, 0.05) is 16.9 Å². The van der Waals surface area contributed by atoms with Crippen molar-refractivity contribution in [2.75, 3.05) is 10.6 Å². The second-order valence-electron chi connectivity index (χ2n) is 6.51. The Morgan fingerprint density at radius 2 is 1.41 bits per heavy atom. The zero-order valence-electron chi connectivity index (χ0n) is 15.1. The molecule has 134 valence electrons. The summed E-state index contributed by atoms with van der Waals surface area (Å²) in [4.78, 5) is 4.74. The van der Waals surface area contributed by atoms with Crippen LogP contribution in [0.3, 0.4) is 0 Å². The van der Waals surface area contributed by atoms with E-state index < -0.39 is 0 Å². The van der Waals surface area contributed by atoms with Crippen molar-refractivity contribution in [1.82, 2.24) is 4.98 Å². The number of hydrogen-bond acceptors (Lipinski definition) is 3. The Morgan fingerprint density at radius 1 is 0.815 bits per heavy atom. The predicted molar refractivity (Wildman–Crippen MR) is 121 cm³/mol. The van der Waals surface area contributed by atoms with E-state index in [1.807, 2.05) is 24.3 Å². The molecule has 0 radical (unpaired) electrons. The molecule has 3 aromatic carbocycles. The SMILES string of the molecule is Cc1ccc(NC(=S)Nc2ccc(-c3nc4ccc(C)cc4s3)cc2)cc1. The maximum Gasteiger partial charge on any atom is 0.175 e. The lowest BCUT2D eigenvalue weighted by molar-refractivity contribution is 1.45. The van der Waals surface area contributed by atoms with Gasteiger partial charge in [-0.3, -0.25) is 0 Å². The van der Waals surface area contributed by atoms with E-state index >= 15 is 0 Å². The smallest absolute Gasteiger partial charge is 0.175 e. The maximum absolute atomic E-state index is 5.40. The molecule has 2 N–H and O–H groups in total. The van der Waals surface area contributed by atoms with Crippen molar-refractivity contribution in [3.05, 3.63) is 77.9 Å². The number of nitrogens with one attached hydrogen (secondary N) is 2. The minimum atomic E-state index is 0.571. The molecule has 0 aliphatic rings. The molecule has 1 heterocycles. The van der Waals surface area contributed by atoms with Crippen LogP contribution in [-0.2, 0) is 0 Å². The third-order valence-corrected chi connectivity index (χ3v) is 5.51. The Kier molecular flexibility index (Phi) is 4.88. The Balaban J connectivity index is 1.46. The van der Waals surface area contributed by atoms with E-state index in [1.165, 1.54) is 15.8 Å². The largest absolute Gasteiger partial charge is 0.332 e. The Bertz CT molecular complexity index is 1100. The summed E-state index contributed by atoms with van der Waals surface area (Å²) < 4.78 is 1.22. The summed E-state index contributed by atoms with van der Waals surface area (Å²) in [6, 6.07) is 22.7. The van der Waals surface area contributed by atoms with Gasteiger partial charge in [0.1, 0.15) is 5.01 Å². The fourth-order valence-corrected chi connectivity index (χ4v) is 4.09. The van der Waals surface area contributed by atoms with E-state index in [0.717, 1.165) is 27.5 Å². The first-order valence-electron chi connectivity index (χ1n) is 8.69. The van der Waals surface area contributed by atoms with Gasteiger partial charge in [0.25, 0.3) is 0 Å². The van der Waals surface area contributed by atoms with E-state index in [9.17, 15) is 0 Å². The fourth-order valence-electron chi connectivity index (χ4n) is 2.78. The molecule has 3 nitrogen and oxygen atoms in total. The molecule has 0 saturated heterocycles. The zero-order valence-corrected chi connectivity index (χ0v) is 16.7. The van der Waals surface area contributed by atoms with Gasteiger partial charge in [-0.15, -0.1) is 11.3 Å². The molecular weight excluding hydrogens is 370 g/mol. The quantitative estimate of drug-likeness (QED) is 0.398. The number of nitrogens with zero attached hydrogens (tertiary/aromatic N) is 1. The van der Waals surface area contributed by atoms with Crippen LogP contribution in [-0.4, -0.2) is 10.1 Å². The van der Waals surface area contributed by atoms with E-state index in [2.05, 4.69) is 66.9 Å². The summed E-state index contributed by atoms with van der Waals surface area (Å²) >= 11 is 7.12. The summed E-state index contributed by atoms with van der Waals surface area (Å²) in [6.07, 6.45) is 0. The van der Waals surface area contributed by atoms with Gasteiger partial charge in [0.2, 0.25) is 0 Å². The van der Waals surface area contributed by atoms with Crippen LogP contribution in [0.5, 0.6) is 0 Å². The van der Waals surface area contributed by atoms with Gasteiger partial charge in [-0.25, -0.2) is 4.98 Å². The molecule has 0 aliphatic carbocycles. The van der Waals surface area contributed by atoms with E-state index in [-0.39, 0.29) is 0 Å². The van der Waals surface area contributed by atoms with Crippen molar-refractivity contribution in [3.63, 3.8) is 0 Å². The van der Waals surface area contributed by atoms with Crippen molar-refractivity contribution < 1.29 is 0 Å². The van der Waals surface area contributed by atoms with Gasteiger partial charge in [-0.1, -0.05) is 23.8 Å². The minimum Gasteiger partial charge on any atom is -0.332 e. The van der Waals surface area contributed by atoms with Crippen molar-refractivity contribution >= 4 is 50.3 Å². The van der Waals surface area contributed by atoms with Gasteiger partial charge in [0.05, 0.1) is 10.2 Å². The number of fused-ring (bicyclic) bond motifs is 1. The first-order chi connectivity index (χ1) is 13.1. The highest BCUT2D eigenvalue weighted by molar-refractivity contribution is 7.80. The topological polar surface area (TPSA) is 37.0 Å². The van der Waals surface area contributed by atoms with Crippen LogP contribution in [0.4, 0.5) is 11.4 Å². The highest BCUT2D eigenvalue weighted by atomic mass is 32.1. The van der Waals surface area contributed by atoms with Crippen molar-refractivity contribution in [2.45, 2.75) is 13.8 Å². The second-order valence-corrected chi connectivity index (χ2v) is 7.95. The van der Waals surface area contributed by atoms with E-state index in [0.29, 0.717) is 5.11 Å². The number of benzene rings is 3. The molecule has 4 aromatic rings. The first kappa shape index (κ1) is 17.6. The zero-order chi connectivity index (χ0) is 18.8. The molecule has 27 heavy (non-hydrogen) atoms. The Morgan fingerprint density at radius 3 is 2.07 bits per heavy atom. The summed E-state index contributed by atoms with van der Waals surface area (Å²) in [5.41, 5.74) is 6.55. The molecule has 0 spiro atoms. The molecule has 0 aliphatic heterocycles. The molecule has 0 unspecified atom stereocenters. The highest BCUT2D eigenvalue weighted by Gasteiger charge is 2.07. The molecule has 0 saturated carbocycles. The average molecular weight is 390 g/mol. The van der Waals surface area contributed by atoms with Crippen LogP contribution in [0.2, 0.25) is 0 Å². The lowest BCUT2D eigenvalue weighted by Crippen LogP contribution is -2.18. The molecular formula is C22H19N3S2. The lowest BCUT2D eigenvalue weighted by atomic mass is 10.2. The number of hydrogen-bond donors (Lipinski definition) is 2. The van der Waals surface area contributed by atoms with Crippen LogP contribution in [0, 0.1) is 13.8 Å². The van der Waals surface area contributed by atoms with Crippen molar-refractivity contribution in [1.29, 1.82) is 0 Å². The van der Waals surface area contributed by atoms with Crippen LogP contribution >= 0.6 is 23.6 Å². The summed E-state index contributed by atoms with van der Waals surface area (Å²) in [5.74, 6) is 0. The number of thiocarbonyl (C=S) groups is 1. The number of aryl methyl sites for hydroxylation is 2. The van der Waals surface area contributed by atoms with Gasteiger partial charge >= 0.3 is 0 Å². The summed E-state index contributed by atoms with van der Waals surface area (Å²) in [6.45, 7) is 4.17. The van der Waals surface area contributed by atoms with Gasteiger partial charge in [-0.2, -0.15) is 0 Å². The minimum absolute atomic E-state index is 0.571. The van der Waals surface area contributed by atoms with Gasteiger partial charge in [-0.05, 0) is 80.2 Å². The van der Waals surface area contributed by atoms with Crippen LogP contribution in [0.1, 0.15) is 11.1 Å². The predicted octanol–water partition coefficient (Wildman–Crippen LogP) is 6.39. The second kappa shape index (κ2) is 7.47. The number of thiazole rings is 1. The molecule has 0 atom stereocenters. The van der Waals surface area contributed by atoms with Crippen LogP contribution in [0.15, 0.2) is 66.7 Å². The average Bonchev–Trinajstić information content (AvgIpc) is 3.07. The molecule has 1 aromatic heterocycles. The normalized spacial score (nSPS) is 10.7. The standard InChI is InChI=1S/C22H19N3S2/c1-14-3-8-17(9-4-14)23-22(26)24-18-10-6-16(7-11-18)21-25-19-12-5-15(2)13-20(19)27-21/h3-13H,1-2H3,(H2,23,24,26). The van der Waals surface area contributed by atoms with Crippen molar-refractivity contribution in [3.8, 4) is 10.6 Å². The first-order valence-corrected chi connectivity index (χ1v) is 9.92. The Labute approximate surface area is 168 Å². The third-order valence-electron chi connectivity index (χ3n) is 4.24. The molecule has 0 amide bonds. The molecule has 0 bridgehead atoms. The number of aromatic nitrogens is 1. The third kappa shape index (κ3) is 4.15. The van der Waals surface area contributed by atoms with E-state index in [4.69, 9.17) is 17.2 Å². The fraction of sp³-hybridized carbons (Fsp3) is 0.0909. The number of rotatable bonds is 3. The molecule has 4 rings (SSSR count). The van der Waals surface area contributed by atoms with Crippen LogP contribution < -0.4 is 10.6 Å². The summed E-state index contributed by atoms with van der Waals surface area (Å²) in [7, 11) is 0. The highest BCUT2D eigenvalue weighted by Crippen LogP contribution is 2.31. The lowest BCUT2D eigenvalue weighted by Gasteiger charge is -2.11. The maximum atomic E-state index is 5.40. The molecule has 0 fully saturated rings. The Hall–Kier alpha value is -2.76. The van der Waals surface area contributed by atoms with Gasteiger partial charge in [0.15, 0.2) is 5.11 Å². The van der Waals surface area contributed by atoms with Crippen LogP contribution in [0.25, 0.3) is 20.8 Å². The van der Waals surface area contributed by atoms with E-state index in [1.54, 1.807) is 11.3 Å². The van der Waals surface area contributed by atoms with Crippen molar-refractivity contribution in [2.24, 2.45) is 0 Å². The van der Waals surface area contributed by atoms with Gasteiger partial charge < -0.3 is 10.6 Å². The monoisotopic (exact) mass is 389 g/mol.